The van der Waals surface area contributed by atoms with Gasteiger partial charge in [-0.2, -0.15) is 5.26 Å². The van der Waals surface area contributed by atoms with Crippen LogP contribution in [-0.2, 0) is 4.79 Å². The van der Waals surface area contributed by atoms with Crippen molar-refractivity contribution in [1.29, 1.82) is 5.26 Å². The van der Waals surface area contributed by atoms with E-state index in [1.54, 1.807) is 44.6 Å². The first-order chi connectivity index (χ1) is 13.6. The zero-order valence-corrected chi connectivity index (χ0v) is 16.1. The summed E-state index contributed by atoms with van der Waals surface area (Å²) in [7, 11) is 3.14. The second-order valence-electron chi connectivity index (χ2n) is 5.55. The van der Waals surface area contributed by atoms with Gasteiger partial charge in [0.05, 0.1) is 25.5 Å². The Morgan fingerprint density at radius 1 is 1.14 bits per heavy atom. The topological polar surface area (TPSA) is 93.5 Å². The molecule has 0 fully saturated rings. The number of ether oxygens (including phenoxy) is 3. The van der Waals surface area contributed by atoms with E-state index in [0.717, 1.165) is 5.56 Å². The molecule has 0 aliphatic rings. The van der Waals surface area contributed by atoms with Gasteiger partial charge in [0.25, 0.3) is 5.91 Å². The Hall–Kier alpha value is -3.57. The average Bonchev–Trinajstić information content (AvgIpc) is 3.20. The van der Waals surface area contributed by atoms with E-state index >= 15 is 0 Å². The molecule has 0 saturated heterocycles. The Morgan fingerprint density at radius 2 is 1.93 bits per heavy atom. The first kappa shape index (κ1) is 19.2. The molecule has 1 heterocycles. The molecule has 1 N–H and O–H groups in total. The molecule has 0 saturated carbocycles. The van der Waals surface area contributed by atoms with Crippen LogP contribution in [0.1, 0.15) is 5.56 Å². The number of para-hydroxylation sites is 1. The summed E-state index contributed by atoms with van der Waals surface area (Å²) in [6, 6.07) is 14.3. The molecule has 3 aromatic rings. The number of benzene rings is 2. The standard InChI is InChI=1S/C20H17N3O4S/c1-25-17-8-7-13(9-18(17)26-2)15-12-28-20(22-15)23-19(24)11-27-16-6-4-3-5-14(16)10-21/h3-9,12H,11H2,1-2H3,(H,22,23,24). The summed E-state index contributed by atoms with van der Waals surface area (Å²) in [5, 5.41) is 14.0. The lowest BCUT2D eigenvalue weighted by atomic mass is 10.1. The minimum Gasteiger partial charge on any atom is -0.493 e. The summed E-state index contributed by atoms with van der Waals surface area (Å²) < 4.78 is 16.0. The van der Waals surface area contributed by atoms with E-state index in [0.29, 0.717) is 33.6 Å². The number of carbonyl (C=O) groups is 1. The van der Waals surface area contributed by atoms with Crippen molar-refractivity contribution in [3.63, 3.8) is 0 Å². The van der Waals surface area contributed by atoms with Crippen molar-refractivity contribution in [3.05, 3.63) is 53.4 Å². The first-order valence-electron chi connectivity index (χ1n) is 8.24. The molecule has 2 aromatic carbocycles. The maximum atomic E-state index is 12.1. The van der Waals surface area contributed by atoms with E-state index in [2.05, 4.69) is 10.3 Å². The Kier molecular flexibility index (Phi) is 6.09. The van der Waals surface area contributed by atoms with E-state index in [1.165, 1.54) is 11.3 Å². The second-order valence-corrected chi connectivity index (χ2v) is 6.41. The normalized spacial score (nSPS) is 10.0. The van der Waals surface area contributed by atoms with Crippen LogP contribution in [-0.4, -0.2) is 31.7 Å². The number of thiazole rings is 1. The van der Waals surface area contributed by atoms with Gasteiger partial charge in [0, 0.05) is 10.9 Å². The van der Waals surface area contributed by atoms with Crippen molar-refractivity contribution in [1.82, 2.24) is 4.98 Å². The van der Waals surface area contributed by atoms with Crippen molar-refractivity contribution < 1.29 is 19.0 Å². The third kappa shape index (κ3) is 4.39. The van der Waals surface area contributed by atoms with Crippen molar-refractivity contribution in [2.24, 2.45) is 0 Å². The molecule has 0 aliphatic carbocycles. The summed E-state index contributed by atoms with van der Waals surface area (Å²) in [5.41, 5.74) is 1.92. The fourth-order valence-corrected chi connectivity index (χ4v) is 3.18. The molecule has 7 nitrogen and oxygen atoms in total. The molecule has 0 bridgehead atoms. The summed E-state index contributed by atoms with van der Waals surface area (Å²) in [4.78, 5) is 16.5. The highest BCUT2D eigenvalue weighted by molar-refractivity contribution is 7.14. The van der Waals surface area contributed by atoms with Crippen LogP contribution < -0.4 is 19.5 Å². The summed E-state index contributed by atoms with van der Waals surface area (Å²) in [6.07, 6.45) is 0. The van der Waals surface area contributed by atoms with E-state index in [1.807, 2.05) is 23.6 Å². The molecule has 28 heavy (non-hydrogen) atoms. The minimum absolute atomic E-state index is 0.218. The lowest BCUT2D eigenvalue weighted by Gasteiger charge is -2.08. The average molecular weight is 395 g/mol. The molecule has 3 rings (SSSR count). The van der Waals surface area contributed by atoms with Crippen LogP contribution >= 0.6 is 11.3 Å². The number of rotatable bonds is 7. The van der Waals surface area contributed by atoms with Crippen LogP contribution in [0.25, 0.3) is 11.3 Å². The number of nitriles is 1. The molecule has 8 heteroatoms. The lowest BCUT2D eigenvalue weighted by Crippen LogP contribution is -2.20. The molecule has 1 aromatic heterocycles. The predicted octanol–water partition coefficient (Wildman–Crippen LogP) is 3.72. The van der Waals surface area contributed by atoms with E-state index < -0.39 is 0 Å². The van der Waals surface area contributed by atoms with Crippen molar-refractivity contribution in [3.8, 4) is 34.6 Å². The Bertz CT molecular complexity index is 1030. The van der Waals surface area contributed by atoms with Gasteiger partial charge < -0.3 is 14.2 Å². The van der Waals surface area contributed by atoms with Crippen molar-refractivity contribution in [2.75, 3.05) is 26.1 Å². The SMILES string of the molecule is COc1ccc(-c2csc(NC(=O)COc3ccccc3C#N)n2)cc1OC. The van der Waals surface area contributed by atoms with E-state index in [4.69, 9.17) is 19.5 Å². The van der Waals surface area contributed by atoms with Gasteiger partial charge in [-0.3, -0.25) is 10.1 Å². The van der Waals surface area contributed by atoms with Gasteiger partial charge in [-0.25, -0.2) is 4.98 Å². The molecule has 0 unspecified atom stereocenters. The maximum absolute atomic E-state index is 12.1. The van der Waals surface area contributed by atoms with Crippen LogP contribution in [0.5, 0.6) is 17.2 Å². The van der Waals surface area contributed by atoms with Gasteiger partial charge in [0.1, 0.15) is 11.8 Å². The van der Waals surface area contributed by atoms with Crippen LogP contribution in [0.3, 0.4) is 0 Å². The van der Waals surface area contributed by atoms with Gasteiger partial charge in [0.15, 0.2) is 23.2 Å². The number of hydrogen-bond acceptors (Lipinski definition) is 7. The number of anilines is 1. The zero-order valence-electron chi connectivity index (χ0n) is 15.3. The number of carbonyl (C=O) groups excluding carboxylic acids is 1. The number of amides is 1. The monoisotopic (exact) mass is 395 g/mol. The molecular weight excluding hydrogens is 378 g/mol. The molecule has 0 atom stereocenters. The van der Waals surface area contributed by atoms with Crippen molar-refractivity contribution in [2.45, 2.75) is 0 Å². The molecule has 1 amide bonds. The van der Waals surface area contributed by atoms with Gasteiger partial charge in [0.2, 0.25) is 0 Å². The molecule has 0 spiro atoms. The van der Waals surface area contributed by atoms with E-state index in [-0.39, 0.29) is 12.5 Å². The number of nitrogens with one attached hydrogen (secondary N) is 1. The number of nitrogens with zero attached hydrogens (tertiary/aromatic N) is 2. The van der Waals surface area contributed by atoms with Gasteiger partial charge in [-0.05, 0) is 30.3 Å². The fraction of sp³-hybridized carbons (Fsp3) is 0.150. The number of methoxy groups -OCH3 is 2. The van der Waals surface area contributed by atoms with Gasteiger partial charge >= 0.3 is 0 Å². The van der Waals surface area contributed by atoms with Crippen LogP contribution in [0.2, 0.25) is 0 Å². The second kappa shape index (κ2) is 8.88. The smallest absolute Gasteiger partial charge is 0.264 e. The third-order valence-corrected chi connectivity index (χ3v) is 4.55. The Balaban J connectivity index is 1.64. The largest absolute Gasteiger partial charge is 0.493 e. The summed E-state index contributed by atoms with van der Waals surface area (Å²) >= 11 is 1.30. The van der Waals surface area contributed by atoms with Crippen LogP contribution in [0, 0.1) is 11.3 Å². The Morgan fingerprint density at radius 3 is 2.68 bits per heavy atom. The summed E-state index contributed by atoms with van der Waals surface area (Å²) in [5.74, 6) is 1.24. The molecular formula is C20H17N3O4S. The van der Waals surface area contributed by atoms with Crippen LogP contribution in [0.4, 0.5) is 5.13 Å². The molecule has 142 valence electrons. The zero-order chi connectivity index (χ0) is 19.9. The predicted molar refractivity (Wildman–Crippen MR) is 106 cm³/mol. The Labute approximate surface area is 166 Å². The highest BCUT2D eigenvalue weighted by atomic mass is 32.1. The highest BCUT2D eigenvalue weighted by Gasteiger charge is 2.12. The van der Waals surface area contributed by atoms with Gasteiger partial charge in [-0.1, -0.05) is 12.1 Å². The fourth-order valence-electron chi connectivity index (χ4n) is 2.44. The number of aromatic nitrogens is 1. The van der Waals surface area contributed by atoms with Crippen molar-refractivity contribution >= 4 is 22.4 Å². The highest BCUT2D eigenvalue weighted by Crippen LogP contribution is 2.33. The van der Waals surface area contributed by atoms with E-state index in [9.17, 15) is 4.79 Å². The third-order valence-electron chi connectivity index (χ3n) is 3.80. The molecule has 0 radical (unpaired) electrons. The van der Waals surface area contributed by atoms with Gasteiger partial charge in [-0.15, -0.1) is 11.3 Å². The minimum atomic E-state index is -0.360. The quantitative estimate of drug-likeness (QED) is 0.655. The molecule has 0 aliphatic heterocycles. The maximum Gasteiger partial charge on any atom is 0.264 e. The lowest BCUT2D eigenvalue weighted by molar-refractivity contribution is -0.118. The first-order valence-corrected chi connectivity index (χ1v) is 9.12. The summed E-state index contributed by atoms with van der Waals surface area (Å²) in [6.45, 7) is -0.218. The number of hydrogen-bond donors (Lipinski definition) is 1. The van der Waals surface area contributed by atoms with Crippen LogP contribution in [0.15, 0.2) is 47.8 Å².